The largest absolute Gasteiger partial charge is 0.480 e. The first-order valence-electron chi connectivity index (χ1n) is 10.7. The average molecular weight is 532 g/mol. The van der Waals surface area contributed by atoms with E-state index in [1.807, 2.05) is 42.5 Å². The maximum atomic E-state index is 13.9. The zero-order valence-corrected chi connectivity index (χ0v) is 21.1. The molecular weight excluding hydrogens is 508 g/mol. The van der Waals surface area contributed by atoms with Crippen LogP contribution in [0.25, 0.3) is 34.0 Å². The van der Waals surface area contributed by atoms with Crippen LogP contribution < -0.4 is 0 Å². The maximum Gasteiger partial charge on any atom is 0.317 e. The number of hydrogen-bond acceptors (Lipinski definition) is 6. The summed E-state index contributed by atoms with van der Waals surface area (Å²) in [5, 5.41) is 13.5. The standard InChI is InChI=1S/C26H23ClFN3O4.ClH/c1-31(14-24(32)33)13-16-4-3-5-17(10-16)25-29-26(35-30-25)18-6-8-21(19(11-18)15-34-2)22-12-20(28)7-9-23(22)27;/h3-12H,13-15H2,1-2H3,(H,32,33);1H. The summed E-state index contributed by atoms with van der Waals surface area (Å²) in [5.74, 6) is -0.532. The highest BCUT2D eigenvalue weighted by Crippen LogP contribution is 2.34. The Morgan fingerprint density at radius 1 is 1.11 bits per heavy atom. The third-order valence-electron chi connectivity index (χ3n) is 5.34. The molecule has 0 bridgehead atoms. The number of likely N-dealkylation sites (N-methyl/N-ethyl adjacent to an activating group) is 1. The van der Waals surface area contributed by atoms with Crippen molar-refractivity contribution in [3.8, 4) is 34.0 Å². The van der Waals surface area contributed by atoms with Gasteiger partial charge in [-0.1, -0.05) is 41.0 Å². The third kappa shape index (κ3) is 6.47. The summed E-state index contributed by atoms with van der Waals surface area (Å²) in [4.78, 5) is 17.2. The van der Waals surface area contributed by atoms with Gasteiger partial charge in [-0.15, -0.1) is 12.4 Å². The molecular formula is C26H24Cl2FN3O4. The lowest BCUT2D eigenvalue weighted by Crippen LogP contribution is -2.25. The molecule has 10 heteroatoms. The summed E-state index contributed by atoms with van der Waals surface area (Å²) < 4.78 is 24.7. The summed E-state index contributed by atoms with van der Waals surface area (Å²) in [5.41, 5.74) is 4.47. The van der Waals surface area contributed by atoms with E-state index in [-0.39, 0.29) is 31.4 Å². The molecule has 0 aliphatic heterocycles. The third-order valence-corrected chi connectivity index (χ3v) is 5.67. The van der Waals surface area contributed by atoms with Gasteiger partial charge < -0.3 is 14.4 Å². The van der Waals surface area contributed by atoms with Crippen molar-refractivity contribution in [3.05, 3.63) is 82.6 Å². The minimum absolute atomic E-state index is 0. The number of methoxy groups -OCH3 is 1. The lowest BCUT2D eigenvalue weighted by atomic mass is 9.97. The van der Waals surface area contributed by atoms with Crippen LogP contribution >= 0.6 is 24.0 Å². The molecule has 188 valence electrons. The second-order valence-electron chi connectivity index (χ2n) is 8.12. The number of aliphatic carboxylic acids is 1. The first kappa shape index (κ1) is 27.3. The number of ether oxygens (including phenoxy) is 1. The molecule has 0 aliphatic rings. The maximum absolute atomic E-state index is 13.9. The fourth-order valence-corrected chi connectivity index (χ4v) is 4.05. The lowest BCUT2D eigenvalue weighted by Gasteiger charge is -2.14. The van der Waals surface area contributed by atoms with Crippen LogP contribution in [0.3, 0.4) is 0 Å². The summed E-state index contributed by atoms with van der Waals surface area (Å²) in [7, 11) is 3.32. The Morgan fingerprint density at radius 3 is 2.67 bits per heavy atom. The smallest absolute Gasteiger partial charge is 0.317 e. The topological polar surface area (TPSA) is 88.7 Å². The van der Waals surface area contributed by atoms with Crippen LogP contribution in [0.15, 0.2) is 65.2 Å². The van der Waals surface area contributed by atoms with E-state index in [4.69, 9.17) is 26.0 Å². The number of carbonyl (C=O) groups is 1. The monoisotopic (exact) mass is 531 g/mol. The molecule has 3 aromatic carbocycles. The Balaban J connectivity index is 0.00000361. The Bertz CT molecular complexity index is 1360. The molecule has 36 heavy (non-hydrogen) atoms. The van der Waals surface area contributed by atoms with Gasteiger partial charge in [-0.3, -0.25) is 9.69 Å². The summed E-state index contributed by atoms with van der Waals surface area (Å²) in [6.45, 7) is 0.690. The van der Waals surface area contributed by atoms with Gasteiger partial charge in [0.25, 0.3) is 5.89 Å². The van der Waals surface area contributed by atoms with Crippen molar-refractivity contribution in [3.63, 3.8) is 0 Å². The molecule has 4 rings (SSSR count). The van der Waals surface area contributed by atoms with Crippen LogP contribution in [0.4, 0.5) is 4.39 Å². The van der Waals surface area contributed by atoms with Gasteiger partial charge in [-0.2, -0.15) is 4.98 Å². The van der Waals surface area contributed by atoms with E-state index < -0.39 is 5.97 Å². The molecule has 0 saturated heterocycles. The van der Waals surface area contributed by atoms with Gasteiger partial charge in [0.05, 0.1) is 13.2 Å². The predicted molar refractivity (Wildman–Crippen MR) is 138 cm³/mol. The number of hydrogen-bond donors (Lipinski definition) is 1. The van der Waals surface area contributed by atoms with Gasteiger partial charge in [0, 0.05) is 35.4 Å². The normalized spacial score (nSPS) is 10.9. The molecule has 1 heterocycles. The first-order valence-corrected chi connectivity index (χ1v) is 11.1. The van der Waals surface area contributed by atoms with Crippen molar-refractivity contribution in [2.75, 3.05) is 20.7 Å². The second kappa shape index (κ2) is 12.1. The number of carboxylic acid groups (broad SMARTS) is 1. The van der Waals surface area contributed by atoms with Crippen molar-refractivity contribution in [1.82, 2.24) is 15.0 Å². The number of nitrogens with zero attached hydrogens (tertiary/aromatic N) is 3. The van der Waals surface area contributed by atoms with E-state index in [1.54, 1.807) is 19.1 Å². The SMILES string of the molecule is COCc1cc(-c2nc(-c3cccc(CN(C)CC(=O)O)c3)no2)ccc1-c1cc(F)ccc1Cl.Cl. The zero-order valence-electron chi connectivity index (χ0n) is 19.6. The van der Waals surface area contributed by atoms with Gasteiger partial charge in [-0.25, -0.2) is 4.39 Å². The summed E-state index contributed by atoms with van der Waals surface area (Å²) in [6.07, 6.45) is 0. The van der Waals surface area contributed by atoms with Crippen LogP contribution in [0, 0.1) is 5.82 Å². The minimum atomic E-state index is -0.884. The molecule has 0 unspecified atom stereocenters. The molecule has 0 radical (unpaired) electrons. The van der Waals surface area contributed by atoms with Crippen molar-refractivity contribution in [1.29, 1.82) is 0 Å². The minimum Gasteiger partial charge on any atom is -0.480 e. The van der Waals surface area contributed by atoms with Crippen LogP contribution in [-0.4, -0.2) is 46.8 Å². The van der Waals surface area contributed by atoms with Gasteiger partial charge in [0.2, 0.25) is 5.82 Å². The van der Waals surface area contributed by atoms with E-state index in [0.717, 1.165) is 22.3 Å². The van der Waals surface area contributed by atoms with Crippen LogP contribution in [0.2, 0.25) is 5.02 Å². The molecule has 0 aliphatic carbocycles. The highest BCUT2D eigenvalue weighted by atomic mass is 35.5. The molecule has 1 N–H and O–H groups in total. The Kier molecular flexibility index (Phi) is 9.17. The fraction of sp³-hybridized carbons (Fsp3) is 0.192. The molecule has 7 nitrogen and oxygen atoms in total. The first-order chi connectivity index (χ1) is 16.8. The highest BCUT2D eigenvalue weighted by Gasteiger charge is 2.16. The highest BCUT2D eigenvalue weighted by molar-refractivity contribution is 6.33. The van der Waals surface area contributed by atoms with Crippen LogP contribution in [-0.2, 0) is 22.7 Å². The van der Waals surface area contributed by atoms with E-state index in [2.05, 4.69) is 10.1 Å². The van der Waals surface area contributed by atoms with E-state index in [0.29, 0.717) is 34.4 Å². The molecule has 0 saturated carbocycles. The van der Waals surface area contributed by atoms with Crippen molar-refractivity contribution in [2.24, 2.45) is 0 Å². The Hall–Kier alpha value is -3.30. The molecule has 1 aromatic heterocycles. The predicted octanol–water partition coefficient (Wildman–Crippen LogP) is 5.95. The van der Waals surface area contributed by atoms with Crippen molar-refractivity contribution < 1.29 is 23.6 Å². The number of halogens is 3. The number of benzene rings is 3. The molecule has 0 atom stereocenters. The van der Waals surface area contributed by atoms with Crippen molar-refractivity contribution >= 4 is 30.0 Å². The molecule has 0 amide bonds. The number of aromatic nitrogens is 2. The van der Waals surface area contributed by atoms with Crippen molar-refractivity contribution in [2.45, 2.75) is 13.2 Å². The zero-order chi connectivity index (χ0) is 24.9. The van der Waals surface area contributed by atoms with E-state index >= 15 is 0 Å². The van der Waals surface area contributed by atoms with E-state index in [9.17, 15) is 9.18 Å². The second-order valence-corrected chi connectivity index (χ2v) is 8.53. The average Bonchev–Trinajstić information content (AvgIpc) is 3.31. The van der Waals surface area contributed by atoms with Gasteiger partial charge in [0.1, 0.15) is 5.82 Å². The van der Waals surface area contributed by atoms with Crippen LogP contribution in [0.5, 0.6) is 0 Å². The number of rotatable bonds is 9. The quantitative estimate of drug-likeness (QED) is 0.285. The van der Waals surface area contributed by atoms with Gasteiger partial charge >= 0.3 is 5.97 Å². The van der Waals surface area contributed by atoms with Gasteiger partial charge in [-0.05, 0) is 60.1 Å². The molecule has 0 fully saturated rings. The molecule has 0 spiro atoms. The Morgan fingerprint density at radius 2 is 1.92 bits per heavy atom. The fourth-order valence-electron chi connectivity index (χ4n) is 3.83. The van der Waals surface area contributed by atoms with Gasteiger partial charge in [0.15, 0.2) is 0 Å². The Labute approximate surface area is 218 Å². The molecule has 4 aromatic rings. The van der Waals surface area contributed by atoms with E-state index in [1.165, 1.54) is 18.2 Å². The number of carboxylic acids is 1. The summed E-state index contributed by atoms with van der Waals surface area (Å²) >= 11 is 6.32. The summed E-state index contributed by atoms with van der Waals surface area (Å²) in [6, 6.07) is 17.3. The lowest BCUT2D eigenvalue weighted by molar-refractivity contribution is -0.138. The van der Waals surface area contributed by atoms with Crippen LogP contribution in [0.1, 0.15) is 11.1 Å².